The molecule has 0 spiro atoms. The number of carbonyl (C=O) groups excluding carboxylic acids is 1. The van der Waals surface area contributed by atoms with Crippen molar-refractivity contribution in [3.05, 3.63) is 29.8 Å². The lowest BCUT2D eigenvalue weighted by atomic mass is 9.66. The molecule has 0 bridgehead atoms. The van der Waals surface area contributed by atoms with E-state index >= 15 is 0 Å². The molecule has 1 aromatic carbocycles. The van der Waals surface area contributed by atoms with Gasteiger partial charge in [0.05, 0.1) is 25.9 Å². The number of hydrogen-bond donors (Lipinski definition) is 1. The summed E-state index contributed by atoms with van der Waals surface area (Å²) in [5, 5.41) is 3.34. The molecule has 1 saturated heterocycles. The smallest absolute Gasteiger partial charge is 0.222 e. The third-order valence-corrected chi connectivity index (χ3v) is 6.24. The Kier molecular flexibility index (Phi) is 6.43. The molecule has 1 N–H and O–H groups in total. The molecule has 150 valence electrons. The van der Waals surface area contributed by atoms with Crippen LogP contribution in [-0.2, 0) is 14.3 Å². The van der Waals surface area contributed by atoms with E-state index < -0.39 is 0 Å². The molecule has 2 fully saturated rings. The van der Waals surface area contributed by atoms with Crippen molar-refractivity contribution in [3.63, 3.8) is 0 Å². The minimum atomic E-state index is -0.276. The molecule has 0 unspecified atom stereocenters. The maximum atomic E-state index is 12.5. The molecule has 1 aliphatic carbocycles. The second kappa shape index (κ2) is 8.61. The number of amides is 1. The molecule has 1 aliphatic heterocycles. The number of rotatable bonds is 6. The van der Waals surface area contributed by atoms with Gasteiger partial charge in [0.15, 0.2) is 0 Å². The first-order chi connectivity index (χ1) is 12.9. The Balaban J connectivity index is 1.84. The molecule has 5 nitrogen and oxygen atoms in total. The Morgan fingerprint density at radius 1 is 1.33 bits per heavy atom. The molecule has 1 aromatic rings. The number of nitrogens with one attached hydrogen (secondary N) is 1. The Hall–Kier alpha value is -1.59. The predicted octanol–water partition coefficient (Wildman–Crippen LogP) is 3.87. The van der Waals surface area contributed by atoms with Crippen molar-refractivity contribution in [2.75, 3.05) is 20.8 Å². The van der Waals surface area contributed by atoms with Gasteiger partial charge in [-0.1, -0.05) is 25.5 Å². The molecular weight excluding hydrogens is 342 g/mol. The SMILES string of the molecule is COCCC(=O)N[C@@]1(C)C[C@H](c2cccc(OC)c2)O[C@@H]2C[C@H](C)CC[C@H]21. The van der Waals surface area contributed by atoms with E-state index in [2.05, 4.69) is 25.2 Å². The van der Waals surface area contributed by atoms with Crippen LogP contribution < -0.4 is 10.1 Å². The van der Waals surface area contributed by atoms with E-state index in [0.717, 1.165) is 30.6 Å². The van der Waals surface area contributed by atoms with Gasteiger partial charge in [-0.15, -0.1) is 0 Å². The third kappa shape index (κ3) is 4.64. The van der Waals surface area contributed by atoms with Crippen molar-refractivity contribution in [2.24, 2.45) is 11.8 Å². The summed E-state index contributed by atoms with van der Waals surface area (Å²) >= 11 is 0. The van der Waals surface area contributed by atoms with E-state index in [1.54, 1.807) is 14.2 Å². The maximum absolute atomic E-state index is 12.5. The summed E-state index contributed by atoms with van der Waals surface area (Å²) in [6.07, 6.45) is 4.63. The lowest BCUT2D eigenvalue weighted by Gasteiger charge is -2.52. The normalized spacial score (nSPS) is 33.2. The minimum Gasteiger partial charge on any atom is -0.497 e. The summed E-state index contributed by atoms with van der Waals surface area (Å²) in [5.74, 6) is 1.90. The summed E-state index contributed by atoms with van der Waals surface area (Å²) in [5.41, 5.74) is 0.838. The molecule has 27 heavy (non-hydrogen) atoms. The van der Waals surface area contributed by atoms with E-state index in [0.29, 0.717) is 24.9 Å². The number of methoxy groups -OCH3 is 2. The van der Waals surface area contributed by atoms with Gasteiger partial charge in [0.25, 0.3) is 0 Å². The van der Waals surface area contributed by atoms with Crippen LogP contribution in [0.4, 0.5) is 0 Å². The molecule has 3 rings (SSSR count). The number of fused-ring (bicyclic) bond motifs is 1. The van der Waals surface area contributed by atoms with Crippen LogP contribution >= 0.6 is 0 Å². The largest absolute Gasteiger partial charge is 0.497 e. The summed E-state index contributed by atoms with van der Waals surface area (Å²) in [6, 6.07) is 8.09. The fraction of sp³-hybridized carbons (Fsp3) is 0.682. The van der Waals surface area contributed by atoms with Gasteiger partial charge in [0.2, 0.25) is 5.91 Å². The highest BCUT2D eigenvalue weighted by Crippen LogP contribution is 2.48. The van der Waals surface area contributed by atoms with Crippen LogP contribution in [0, 0.1) is 11.8 Å². The Morgan fingerprint density at radius 2 is 2.15 bits per heavy atom. The molecule has 5 atom stereocenters. The number of carbonyl (C=O) groups is 1. The summed E-state index contributed by atoms with van der Waals surface area (Å²) in [4.78, 5) is 12.5. The van der Waals surface area contributed by atoms with Crippen LogP contribution in [0.5, 0.6) is 5.75 Å². The van der Waals surface area contributed by atoms with E-state index in [4.69, 9.17) is 14.2 Å². The topological polar surface area (TPSA) is 56.8 Å². The highest BCUT2D eigenvalue weighted by molar-refractivity contribution is 5.77. The Bertz CT molecular complexity index is 649. The molecular formula is C22H33NO4. The van der Waals surface area contributed by atoms with E-state index in [1.807, 2.05) is 18.2 Å². The molecule has 1 heterocycles. The van der Waals surface area contributed by atoms with Gasteiger partial charge >= 0.3 is 0 Å². The second-order valence-electron chi connectivity index (χ2n) is 8.38. The van der Waals surface area contributed by atoms with Crippen molar-refractivity contribution in [1.29, 1.82) is 0 Å². The Labute approximate surface area is 162 Å². The van der Waals surface area contributed by atoms with Gasteiger partial charge in [-0.3, -0.25) is 4.79 Å². The van der Waals surface area contributed by atoms with Crippen LogP contribution in [-0.4, -0.2) is 38.4 Å². The van der Waals surface area contributed by atoms with Gasteiger partial charge in [-0.2, -0.15) is 0 Å². The first-order valence-corrected chi connectivity index (χ1v) is 10.0. The summed E-state index contributed by atoms with van der Waals surface area (Å²) in [7, 11) is 3.31. The van der Waals surface area contributed by atoms with E-state index in [9.17, 15) is 4.79 Å². The molecule has 5 heteroatoms. The van der Waals surface area contributed by atoms with Gasteiger partial charge in [0, 0.05) is 31.4 Å². The first kappa shape index (κ1) is 20.2. The van der Waals surface area contributed by atoms with Crippen molar-refractivity contribution >= 4 is 5.91 Å². The average molecular weight is 376 g/mol. The molecule has 2 aliphatic rings. The molecule has 1 amide bonds. The van der Waals surface area contributed by atoms with E-state index in [1.165, 1.54) is 6.42 Å². The second-order valence-corrected chi connectivity index (χ2v) is 8.38. The zero-order valence-corrected chi connectivity index (χ0v) is 17.0. The van der Waals surface area contributed by atoms with Gasteiger partial charge in [0.1, 0.15) is 5.75 Å². The van der Waals surface area contributed by atoms with Gasteiger partial charge in [-0.05, 0) is 43.4 Å². The highest BCUT2D eigenvalue weighted by Gasteiger charge is 2.49. The van der Waals surface area contributed by atoms with Crippen molar-refractivity contribution in [1.82, 2.24) is 5.32 Å². The standard InChI is InChI=1S/C22H33NO4/c1-15-8-9-18-19(12-15)27-20(16-6-5-7-17(13-16)26-4)14-22(18,2)23-21(24)10-11-25-3/h5-7,13,15,18-20H,8-12,14H2,1-4H3,(H,23,24)/t15-,18-,19-,20-,22+/m1/s1. The predicted molar refractivity (Wildman–Crippen MR) is 105 cm³/mol. The highest BCUT2D eigenvalue weighted by atomic mass is 16.5. The zero-order valence-electron chi connectivity index (χ0n) is 17.0. The average Bonchev–Trinajstić information content (AvgIpc) is 2.65. The first-order valence-electron chi connectivity index (χ1n) is 10.0. The molecule has 0 aromatic heterocycles. The van der Waals surface area contributed by atoms with E-state index in [-0.39, 0.29) is 23.7 Å². The fourth-order valence-electron chi connectivity index (χ4n) is 4.76. The molecule has 1 saturated carbocycles. The molecule has 0 radical (unpaired) electrons. The monoisotopic (exact) mass is 375 g/mol. The number of ether oxygens (including phenoxy) is 3. The quantitative estimate of drug-likeness (QED) is 0.820. The summed E-state index contributed by atoms with van der Waals surface area (Å²) in [6.45, 7) is 4.94. The Morgan fingerprint density at radius 3 is 2.89 bits per heavy atom. The van der Waals surface area contributed by atoms with Crippen molar-refractivity contribution in [2.45, 2.75) is 63.7 Å². The van der Waals surface area contributed by atoms with Crippen molar-refractivity contribution < 1.29 is 19.0 Å². The third-order valence-electron chi connectivity index (χ3n) is 6.24. The number of benzene rings is 1. The van der Waals surface area contributed by atoms with Crippen molar-refractivity contribution in [3.8, 4) is 5.75 Å². The van der Waals surface area contributed by atoms with Gasteiger partial charge < -0.3 is 19.5 Å². The zero-order chi connectivity index (χ0) is 19.4. The maximum Gasteiger partial charge on any atom is 0.222 e. The minimum absolute atomic E-state index is 0.0422. The summed E-state index contributed by atoms with van der Waals surface area (Å²) < 4.78 is 17.0. The van der Waals surface area contributed by atoms with Crippen LogP contribution in [0.3, 0.4) is 0 Å². The van der Waals surface area contributed by atoms with Gasteiger partial charge in [-0.25, -0.2) is 0 Å². The lowest BCUT2D eigenvalue weighted by Crippen LogP contribution is -2.60. The van der Waals surface area contributed by atoms with Crippen LogP contribution in [0.2, 0.25) is 0 Å². The van der Waals surface area contributed by atoms with Crippen LogP contribution in [0.25, 0.3) is 0 Å². The van der Waals surface area contributed by atoms with Crippen LogP contribution in [0.15, 0.2) is 24.3 Å². The van der Waals surface area contributed by atoms with Crippen LogP contribution in [0.1, 0.15) is 57.6 Å². The lowest BCUT2D eigenvalue weighted by molar-refractivity contribution is -0.154. The fourth-order valence-corrected chi connectivity index (χ4v) is 4.76. The number of hydrogen-bond acceptors (Lipinski definition) is 4.